The number of rotatable bonds is 4. The first-order chi connectivity index (χ1) is 12.1. The molecule has 0 fully saturated rings. The highest BCUT2D eigenvalue weighted by molar-refractivity contribution is 6.33. The lowest BCUT2D eigenvalue weighted by molar-refractivity contribution is -0.144. The molecular formula is C19H14ClNO4. The zero-order valence-corrected chi connectivity index (χ0v) is 14.1. The van der Waals surface area contributed by atoms with Crippen LogP contribution in [0.1, 0.15) is 10.4 Å². The maximum atomic E-state index is 12.5. The minimum Gasteiger partial charge on any atom is -0.466 e. The number of aromatic nitrogens is 1. The Balaban J connectivity index is 2.09. The molecule has 0 aliphatic rings. The molecule has 3 aromatic rings. The van der Waals surface area contributed by atoms with Crippen molar-refractivity contribution in [3.8, 4) is 11.3 Å². The Kier molecular flexibility index (Phi) is 4.95. The first kappa shape index (κ1) is 16.9. The second-order valence-electron chi connectivity index (χ2n) is 5.20. The maximum absolute atomic E-state index is 12.5. The van der Waals surface area contributed by atoms with E-state index in [-0.39, 0.29) is 0 Å². The number of benzene rings is 2. The molecule has 1 heterocycles. The molecule has 3 rings (SSSR count). The fourth-order valence-electron chi connectivity index (χ4n) is 2.41. The summed E-state index contributed by atoms with van der Waals surface area (Å²) in [6.45, 7) is -0.451. The summed E-state index contributed by atoms with van der Waals surface area (Å²) in [5.74, 6) is -1.25. The molecular weight excluding hydrogens is 342 g/mol. The van der Waals surface area contributed by atoms with E-state index in [0.29, 0.717) is 32.7 Å². The number of methoxy groups -OCH3 is 1. The minimum absolute atomic E-state index is 0.310. The van der Waals surface area contributed by atoms with Gasteiger partial charge in [0.1, 0.15) is 0 Å². The van der Waals surface area contributed by atoms with Crippen molar-refractivity contribution in [2.75, 3.05) is 13.7 Å². The standard InChI is InChI=1S/C19H14ClNO4/c1-24-18(22)11-25-19(23)14-10-17(13-7-2-4-8-15(13)20)21-16-9-5-3-6-12(14)16/h2-10H,11H2,1H3. The Bertz CT molecular complexity index is 955. The zero-order valence-electron chi connectivity index (χ0n) is 13.4. The van der Waals surface area contributed by atoms with Gasteiger partial charge in [0.05, 0.1) is 23.9 Å². The van der Waals surface area contributed by atoms with Gasteiger partial charge in [-0.05, 0) is 18.2 Å². The van der Waals surface area contributed by atoms with E-state index in [9.17, 15) is 9.59 Å². The molecule has 25 heavy (non-hydrogen) atoms. The number of ether oxygens (including phenoxy) is 2. The summed E-state index contributed by atoms with van der Waals surface area (Å²) >= 11 is 6.25. The van der Waals surface area contributed by atoms with Crippen LogP contribution in [0.15, 0.2) is 54.6 Å². The van der Waals surface area contributed by atoms with Gasteiger partial charge in [0.15, 0.2) is 6.61 Å². The highest BCUT2D eigenvalue weighted by Gasteiger charge is 2.17. The van der Waals surface area contributed by atoms with Crippen molar-refractivity contribution >= 4 is 34.4 Å². The van der Waals surface area contributed by atoms with E-state index in [1.165, 1.54) is 7.11 Å². The number of pyridine rings is 1. The third-order valence-corrected chi connectivity index (χ3v) is 3.96. The third kappa shape index (κ3) is 3.61. The average molecular weight is 356 g/mol. The molecule has 0 bridgehead atoms. The van der Waals surface area contributed by atoms with Crippen LogP contribution in [-0.2, 0) is 14.3 Å². The Labute approximate surface area is 149 Å². The lowest BCUT2D eigenvalue weighted by Gasteiger charge is -2.10. The van der Waals surface area contributed by atoms with Gasteiger partial charge in [-0.1, -0.05) is 48.0 Å². The minimum atomic E-state index is -0.627. The fourth-order valence-corrected chi connectivity index (χ4v) is 2.64. The average Bonchev–Trinajstić information content (AvgIpc) is 2.65. The number of para-hydroxylation sites is 1. The van der Waals surface area contributed by atoms with Crippen LogP contribution >= 0.6 is 11.6 Å². The molecule has 0 atom stereocenters. The Morgan fingerprint density at radius 3 is 2.56 bits per heavy atom. The number of esters is 2. The van der Waals surface area contributed by atoms with Gasteiger partial charge < -0.3 is 9.47 Å². The quantitative estimate of drug-likeness (QED) is 0.664. The summed E-state index contributed by atoms with van der Waals surface area (Å²) in [5, 5.41) is 1.16. The molecule has 5 nitrogen and oxygen atoms in total. The smallest absolute Gasteiger partial charge is 0.344 e. The highest BCUT2D eigenvalue weighted by atomic mass is 35.5. The van der Waals surface area contributed by atoms with Crippen molar-refractivity contribution in [3.63, 3.8) is 0 Å². The van der Waals surface area contributed by atoms with Gasteiger partial charge >= 0.3 is 11.9 Å². The second kappa shape index (κ2) is 7.32. The van der Waals surface area contributed by atoms with Crippen molar-refractivity contribution in [3.05, 3.63) is 65.2 Å². The van der Waals surface area contributed by atoms with Gasteiger partial charge in [-0.25, -0.2) is 14.6 Å². The Morgan fingerprint density at radius 2 is 1.80 bits per heavy atom. The second-order valence-corrected chi connectivity index (χ2v) is 5.61. The third-order valence-electron chi connectivity index (χ3n) is 3.63. The van der Waals surface area contributed by atoms with Gasteiger partial charge in [0, 0.05) is 16.0 Å². The number of fused-ring (bicyclic) bond motifs is 1. The molecule has 1 aromatic heterocycles. The predicted molar refractivity (Wildman–Crippen MR) is 94.5 cm³/mol. The van der Waals surface area contributed by atoms with Crippen LogP contribution in [0.4, 0.5) is 0 Å². The van der Waals surface area contributed by atoms with E-state index < -0.39 is 18.5 Å². The van der Waals surface area contributed by atoms with Gasteiger partial charge in [0.25, 0.3) is 0 Å². The van der Waals surface area contributed by atoms with Crippen LogP contribution < -0.4 is 0 Å². The largest absolute Gasteiger partial charge is 0.466 e. The summed E-state index contributed by atoms with van der Waals surface area (Å²) in [5.41, 5.74) is 2.20. The summed E-state index contributed by atoms with van der Waals surface area (Å²) in [6.07, 6.45) is 0. The predicted octanol–water partition coefficient (Wildman–Crippen LogP) is 3.89. The van der Waals surface area contributed by atoms with Crippen molar-refractivity contribution in [1.82, 2.24) is 4.98 Å². The lowest BCUT2D eigenvalue weighted by Crippen LogP contribution is -2.15. The van der Waals surface area contributed by atoms with E-state index in [0.717, 1.165) is 0 Å². The first-order valence-corrected chi connectivity index (χ1v) is 7.86. The molecule has 0 radical (unpaired) electrons. The van der Waals surface area contributed by atoms with E-state index in [1.807, 2.05) is 24.3 Å². The summed E-state index contributed by atoms with van der Waals surface area (Å²) in [4.78, 5) is 28.2. The van der Waals surface area contributed by atoms with Crippen LogP contribution in [0.3, 0.4) is 0 Å². The molecule has 0 saturated heterocycles. The van der Waals surface area contributed by atoms with Crippen molar-refractivity contribution < 1.29 is 19.1 Å². The van der Waals surface area contributed by atoms with Crippen molar-refractivity contribution in [2.24, 2.45) is 0 Å². The molecule has 0 N–H and O–H groups in total. The van der Waals surface area contributed by atoms with Crippen molar-refractivity contribution in [2.45, 2.75) is 0 Å². The first-order valence-electron chi connectivity index (χ1n) is 7.49. The van der Waals surface area contributed by atoms with Crippen molar-refractivity contribution in [1.29, 1.82) is 0 Å². The van der Waals surface area contributed by atoms with E-state index in [2.05, 4.69) is 9.72 Å². The van der Waals surface area contributed by atoms with E-state index >= 15 is 0 Å². The molecule has 6 heteroatoms. The van der Waals surface area contributed by atoms with E-state index in [4.69, 9.17) is 16.3 Å². The number of hydrogen-bond acceptors (Lipinski definition) is 5. The van der Waals surface area contributed by atoms with Crippen LogP contribution in [0.5, 0.6) is 0 Å². The number of carbonyl (C=O) groups excluding carboxylic acids is 2. The number of nitrogens with zero attached hydrogens (tertiary/aromatic N) is 1. The maximum Gasteiger partial charge on any atom is 0.344 e. The monoisotopic (exact) mass is 355 g/mol. The normalized spacial score (nSPS) is 10.5. The molecule has 126 valence electrons. The SMILES string of the molecule is COC(=O)COC(=O)c1cc(-c2ccccc2Cl)nc2ccccc12. The molecule has 0 amide bonds. The highest BCUT2D eigenvalue weighted by Crippen LogP contribution is 2.30. The summed E-state index contributed by atoms with van der Waals surface area (Å²) in [6, 6.07) is 16.0. The van der Waals surface area contributed by atoms with Crippen LogP contribution in [0, 0.1) is 0 Å². The van der Waals surface area contributed by atoms with Gasteiger partial charge in [-0.3, -0.25) is 0 Å². The fraction of sp³-hybridized carbons (Fsp3) is 0.105. The lowest BCUT2D eigenvalue weighted by atomic mass is 10.0. The Hall–Kier alpha value is -2.92. The van der Waals surface area contributed by atoms with E-state index in [1.54, 1.807) is 30.3 Å². The van der Waals surface area contributed by atoms with Crippen LogP contribution in [-0.4, -0.2) is 30.6 Å². The number of halogens is 1. The van der Waals surface area contributed by atoms with Gasteiger partial charge in [-0.2, -0.15) is 0 Å². The number of hydrogen-bond donors (Lipinski definition) is 0. The summed E-state index contributed by atoms with van der Waals surface area (Å²) < 4.78 is 9.52. The molecule has 2 aromatic carbocycles. The molecule has 0 saturated carbocycles. The topological polar surface area (TPSA) is 65.5 Å². The Morgan fingerprint density at radius 1 is 1.08 bits per heavy atom. The zero-order chi connectivity index (χ0) is 17.8. The van der Waals surface area contributed by atoms with Crippen LogP contribution in [0.2, 0.25) is 5.02 Å². The molecule has 0 aliphatic heterocycles. The van der Waals surface area contributed by atoms with Gasteiger partial charge in [0.2, 0.25) is 0 Å². The molecule has 0 unspecified atom stereocenters. The van der Waals surface area contributed by atoms with Crippen LogP contribution in [0.25, 0.3) is 22.2 Å². The molecule has 0 spiro atoms. The number of carbonyl (C=O) groups is 2. The molecule has 0 aliphatic carbocycles. The van der Waals surface area contributed by atoms with Gasteiger partial charge in [-0.15, -0.1) is 0 Å². The summed E-state index contributed by atoms with van der Waals surface area (Å²) in [7, 11) is 1.23.